The van der Waals surface area contributed by atoms with Gasteiger partial charge >= 0.3 is 0 Å². The predicted molar refractivity (Wildman–Crippen MR) is 104 cm³/mol. The predicted octanol–water partition coefficient (Wildman–Crippen LogP) is 5.42. The average Bonchev–Trinajstić information content (AvgIpc) is 2.54. The van der Waals surface area contributed by atoms with E-state index < -0.39 is 8.07 Å². The molecule has 0 unspecified atom stereocenters. The van der Waals surface area contributed by atoms with E-state index >= 15 is 0 Å². The van der Waals surface area contributed by atoms with Gasteiger partial charge in [0.2, 0.25) is 0 Å². The second-order valence-corrected chi connectivity index (χ2v) is 13.3. The molecule has 0 N–H and O–H groups in total. The van der Waals surface area contributed by atoms with E-state index in [4.69, 9.17) is 18.9 Å². The van der Waals surface area contributed by atoms with E-state index in [0.717, 1.165) is 11.4 Å². The fourth-order valence-electron chi connectivity index (χ4n) is 2.20. The van der Waals surface area contributed by atoms with E-state index in [1.54, 1.807) is 19.2 Å². The number of rotatable bonds is 9. The summed E-state index contributed by atoms with van der Waals surface area (Å²) in [4.78, 5) is 0. The first-order valence-corrected chi connectivity index (χ1v) is 12.6. The van der Waals surface area contributed by atoms with Crippen molar-refractivity contribution in [3.05, 3.63) is 34.6 Å². The Labute approximate surface area is 157 Å². The molecule has 0 saturated carbocycles. The number of fused-ring (bicyclic) bond motifs is 1. The quantitative estimate of drug-likeness (QED) is 0.302. The van der Waals surface area contributed by atoms with Crippen molar-refractivity contribution in [2.24, 2.45) is 0 Å². The highest BCUT2D eigenvalue weighted by Gasteiger charge is 2.14. The van der Waals surface area contributed by atoms with Crippen LogP contribution in [0.2, 0.25) is 25.7 Å². The molecule has 0 fully saturated rings. The molecule has 2 aromatic carbocycles. The summed E-state index contributed by atoms with van der Waals surface area (Å²) in [5.74, 6) is 0.746. The normalized spacial score (nSPS) is 11.8. The van der Waals surface area contributed by atoms with Gasteiger partial charge in [-0.05, 0) is 39.5 Å². The van der Waals surface area contributed by atoms with Crippen LogP contribution in [-0.4, -0.2) is 35.4 Å². The smallest absolute Gasteiger partial charge is 0.189 e. The molecular weight excluding hydrogens is 407 g/mol. The molecular formula is C18H24BrFO4Si. The van der Waals surface area contributed by atoms with Gasteiger partial charge in [-0.25, -0.2) is 4.39 Å². The molecule has 4 nitrogen and oxygen atoms in total. The van der Waals surface area contributed by atoms with Gasteiger partial charge in [0.1, 0.15) is 17.3 Å². The molecule has 0 bridgehead atoms. The summed E-state index contributed by atoms with van der Waals surface area (Å²) in [6.45, 7) is 7.77. The van der Waals surface area contributed by atoms with Gasteiger partial charge in [0, 0.05) is 33.2 Å². The summed E-state index contributed by atoms with van der Waals surface area (Å²) >= 11 is 3.30. The molecule has 7 heteroatoms. The molecule has 0 amide bonds. The van der Waals surface area contributed by atoms with E-state index in [1.165, 1.54) is 6.07 Å². The third kappa shape index (κ3) is 5.95. The molecule has 138 valence electrons. The lowest BCUT2D eigenvalue weighted by atomic mass is 10.1. The molecule has 0 aromatic heterocycles. The van der Waals surface area contributed by atoms with Crippen molar-refractivity contribution in [2.45, 2.75) is 25.7 Å². The van der Waals surface area contributed by atoms with Gasteiger partial charge in [-0.1, -0.05) is 25.7 Å². The first-order chi connectivity index (χ1) is 11.8. The molecule has 0 spiro atoms. The van der Waals surface area contributed by atoms with E-state index in [2.05, 4.69) is 35.6 Å². The lowest BCUT2D eigenvalue weighted by Crippen LogP contribution is -2.22. The van der Waals surface area contributed by atoms with E-state index in [-0.39, 0.29) is 19.4 Å². The van der Waals surface area contributed by atoms with Gasteiger partial charge in [0.05, 0.1) is 4.47 Å². The van der Waals surface area contributed by atoms with Crippen molar-refractivity contribution in [3.63, 3.8) is 0 Å². The Hall–Kier alpha value is -1.15. The highest BCUT2D eigenvalue weighted by Crippen LogP contribution is 2.37. The van der Waals surface area contributed by atoms with E-state index in [0.29, 0.717) is 28.0 Å². The molecule has 25 heavy (non-hydrogen) atoms. The number of ether oxygens (including phenoxy) is 4. The van der Waals surface area contributed by atoms with Gasteiger partial charge in [-0.15, -0.1) is 0 Å². The maximum absolute atomic E-state index is 13.9. The summed E-state index contributed by atoms with van der Waals surface area (Å²) < 4.78 is 36.1. The van der Waals surface area contributed by atoms with Crippen LogP contribution >= 0.6 is 15.9 Å². The average molecular weight is 431 g/mol. The highest BCUT2D eigenvalue weighted by atomic mass is 79.9. The Balaban J connectivity index is 2.18. The first kappa shape index (κ1) is 20.2. The Morgan fingerprint density at radius 2 is 1.84 bits per heavy atom. The highest BCUT2D eigenvalue weighted by molar-refractivity contribution is 9.10. The fraction of sp³-hybridized carbons (Fsp3) is 0.444. The molecule has 0 radical (unpaired) electrons. The third-order valence-electron chi connectivity index (χ3n) is 3.58. The SMILES string of the molecule is COCOc1cc(OCOCC[Si](C)(C)C)c2c(Br)c(F)ccc2c1. The van der Waals surface area contributed by atoms with Crippen LogP contribution in [0.3, 0.4) is 0 Å². The van der Waals surface area contributed by atoms with Crippen LogP contribution < -0.4 is 9.47 Å². The largest absolute Gasteiger partial charge is 0.467 e. The maximum Gasteiger partial charge on any atom is 0.189 e. The number of methoxy groups -OCH3 is 1. The fourth-order valence-corrected chi connectivity index (χ4v) is 3.51. The van der Waals surface area contributed by atoms with Crippen LogP contribution in [0.25, 0.3) is 10.8 Å². The Morgan fingerprint density at radius 1 is 1.08 bits per heavy atom. The summed E-state index contributed by atoms with van der Waals surface area (Å²) in [5, 5.41) is 1.46. The van der Waals surface area contributed by atoms with E-state index in [9.17, 15) is 4.39 Å². The maximum atomic E-state index is 13.9. The number of hydrogen-bond acceptors (Lipinski definition) is 4. The van der Waals surface area contributed by atoms with E-state index in [1.807, 2.05) is 6.07 Å². The Kier molecular flexibility index (Phi) is 7.24. The van der Waals surface area contributed by atoms with Crippen molar-refractivity contribution in [1.82, 2.24) is 0 Å². The van der Waals surface area contributed by atoms with Gasteiger partial charge in [0.15, 0.2) is 13.6 Å². The third-order valence-corrected chi connectivity index (χ3v) is 6.06. The Bertz CT molecular complexity index is 718. The zero-order valence-corrected chi connectivity index (χ0v) is 17.6. The molecule has 2 aromatic rings. The van der Waals surface area contributed by atoms with Crippen LogP contribution in [0.5, 0.6) is 11.5 Å². The minimum absolute atomic E-state index is 0.107. The summed E-state index contributed by atoms with van der Waals surface area (Å²) in [6, 6.07) is 7.69. The van der Waals surface area contributed by atoms with Crippen molar-refractivity contribution in [3.8, 4) is 11.5 Å². The molecule has 0 aliphatic carbocycles. The van der Waals surface area contributed by atoms with Gasteiger partial charge in [-0.3, -0.25) is 0 Å². The minimum Gasteiger partial charge on any atom is -0.467 e. The van der Waals surface area contributed by atoms with Crippen LogP contribution in [-0.2, 0) is 9.47 Å². The monoisotopic (exact) mass is 430 g/mol. The first-order valence-electron chi connectivity index (χ1n) is 8.06. The van der Waals surface area contributed by atoms with Crippen LogP contribution in [0.1, 0.15) is 0 Å². The zero-order valence-electron chi connectivity index (χ0n) is 15.0. The lowest BCUT2D eigenvalue weighted by Gasteiger charge is -2.17. The molecule has 0 saturated heterocycles. The van der Waals surface area contributed by atoms with Crippen molar-refractivity contribution in [1.29, 1.82) is 0 Å². The van der Waals surface area contributed by atoms with Gasteiger partial charge in [0.25, 0.3) is 0 Å². The van der Waals surface area contributed by atoms with Gasteiger partial charge < -0.3 is 18.9 Å². The number of halogens is 2. The second kappa shape index (κ2) is 8.98. The number of hydrogen-bond donors (Lipinski definition) is 0. The summed E-state index contributed by atoms with van der Waals surface area (Å²) in [5.41, 5.74) is 0. The van der Waals surface area contributed by atoms with Crippen LogP contribution in [0.4, 0.5) is 4.39 Å². The lowest BCUT2D eigenvalue weighted by molar-refractivity contribution is 0.0223. The summed E-state index contributed by atoms with van der Waals surface area (Å²) in [7, 11) is 0.410. The molecule has 0 heterocycles. The van der Waals surface area contributed by atoms with Crippen molar-refractivity contribution < 1.29 is 23.3 Å². The van der Waals surface area contributed by atoms with Crippen LogP contribution in [0.15, 0.2) is 28.7 Å². The topological polar surface area (TPSA) is 36.9 Å². The standard InChI is InChI=1S/C18H24BrFO4Si/c1-21-11-23-14-9-13-5-6-15(20)18(19)17(13)16(10-14)24-12-22-7-8-25(2,3)4/h5-6,9-10H,7-8,11-12H2,1-4H3. The Morgan fingerprint density at radius 3 is 2.52 bits per heavy atom. The number of benzene rings is 2. The summed E-state index contributed by atoms with van der Waals surface area (Å²) in [6.07, 6.45) is 0. The second-order valence-electron chi connectivity index (χ2n) is 6.91. The van der Waals surface area contributed by atoms with Crippen LogP contribution in [0, 0.1) is 5.82 Å². The van der Waals surface area contributed by atoms with Crippen molar-refractivity contribution in [2.75, 3.05) is 27.3 Å². The van der Waals surface area contributed by atoms with Crippen molar-refractivity contribution >= 4 is 34.8 Å². The zero-order chi connectivity index (χ0) is 18.4. The van der Waals surface area contributed by atoms with Gasteiger partial charge in [-0.2, -0.15) is 0 Å². The molecule has 0 aliphatic rings. The molecule has 0 atom stereocenters. The minimum atomic E-state index is -1.14. The molecule has 2 rings (SSSR count). The molecule has 0 aliphatic heterocycles.